The lowest BCUT2D eigenvalue weighted by Gasteiger charge is -2.24. The summed E-state index contributed by atoms with van der Waals surface area (Å²) in [5.41, 5.74) is 5.66. The van der Waals surface area contributed by atoms with Crippen molar-refractivity contribution in [3.63, 3.8) is 0 Å². The highest BCUT2D eigenvalue weighted by molar-refractivity contribution is 8.07. The fourth-order valence-corrected chi connectivity index (χ4v) is 5.05. The molecular weight excluding hydrogens is 505 g/mol. The third-order valence-corrected chi connectivity index (χ3v) is 6.99. The zero-order valence-electron chi connectivity index (χ0n) is 18.4. The molecule has 1 saturated heterocycles. The van der Waals surface area contributed by atoms with Crippen LogP contribution in [0.1, 0.15) is 18.2 Å². The molecular formula is C18H24N7O8PS. The summed E-state index contributed by atoms with van der Waals surface area (Å²) in [4.78, 5) is 48.4. The quantitative estimate of drug-likeness (QED) is 0.200. The smallest absolute Gasteiger partial charge is 0.330 e. The Labute approximate surface area is 202 Å². The number of nitrogen functional groups attached to an aromatic ring is 1. The van der Waals surface area contributed by atoms with E-state index in [0.717, 1.165) is 0 Å². The molecule has 4 heterocycles. The van der Waals surface area contributed by atoms with Crippen LogP contribution in [-0.2, 0) is 32.1 Å². The molecule has 1 aliphatic heterocycles. The van der Waals surface area contributed by atoms with Gasteiger partial charge in [-0.1, -0.05) is 0 Å². The average molecular weight is 529 g/mol. The number of H-pyrrole nitrogens is 1. The number of nitrogens with zero attached hydrogens (tertiary/aromatic N) is 5. The van der Waals surface area contributed by atoms with E-state index in [1.54, 1.807) is 4.57 Å². The monoisotopic (exact) mass is 529 g/mol. The summed E-state index contributed by atoms with van der Waals surface area (Å²) in [6.07, 6.45) is 0.308. The first-order valence-electron chi connectivity index (χ1n) is 10.4. The number of anilines is 1. The molecule has 5 atom stereocenters. The van der Waals surface area contributed by atoms with Gasteiger partial charge in [0.05, 0.1) is 32.2 Å². The van der Waals surface area contributed by atoms with E-state index in [2.05, 4.69) is 19.9 Å². The van der Waals surface area contributed by atoms with Crippen molar-refractivity contribution >= 4 is 35.5 Å². The number of fused-ring (bicyclic) bond motifs is 1. The molecule has 6 N–H and O–H groups in total. The largest absolute Gasteiger partial charge is 0.394 e. The fourth-order valence-electron chi connectivity index (χ4n) is 3.60. The summed E-state index contributed by atoms with van der Waals surface area (Å²) in [7, 11) is 0. The number of hydrogen-bond acceptors (Lipinski definition) is 12. The lowest BCUT2D eigenvalue weighted by atomic mass is 10.2. The normalized spacial score (nSPS) is 22.9. The van der Waals surface area contributed by atoms with E-state index in [0.29, 0.717) is 16.7 Å². The van der Waals surface area contributed by atoms with Crippen LogP contribution in [-0.4, -0.2) is 75.7 Å². The Morgan fingerprint density at radius 3 is 2.91 bits per heavy atom. The van der Waals surface area contributed by atoms with E-state index < -0.39 is 49.1 Å². The van der Waals surface area contributed by atoms with Crippen molar-refractivity contribution in [3.05, 3.63) is 45.3 Å². The molecule has 190 valence electrons. The Kier molecular flexibility index (Phi) is 7.44. The average Bonchev–Trinajstić information content (AvgIpc) is 3.38. The molecule has 0 amide bonds. The van der Waals surface area contributed by atoms with Crippen molar-refractivity contribution in [1.29, 1.82) is 0 Å². The maximum absolute atomic E-state index is 12.1. The number of aromatic amines is 1. The Bertz CT molecular complexity index is 1380. The number of aliphatic hydroxyl groups excluding tert-OH is 2. The van der Waals surface area contributed by atoms with Gasteiger partial charge in [-0.3, -0.25) is 14.3 Å². The predicted molar refractivity (Wildman–Crippen MR) is 125 cm³/mol. The standard InChI is InChI=1S/C18H24N7O8PS/c1-9-3-25(18(29)23-17(9)28)13-2-11(27)12(32-13)6-31-34(30,35)33-10(5-26)4-24-8-22-14-15(19)20-7-21-16(14)24/h3,7-8,10-13,26-27H,2,4-6H2,1H3,(H,30,35)(H2,19,20,21)(H,23,28,29). The molecule has 1 aliphatic rings. The van der Waals surface area contributed by atoms with Crippen molar-refractivity contribution < 1.29 is 28.9 Å². The molecule has 5 unspecified atom stereocenters. The first-order valence-corrected chi connectivity index (χ1v) is 13.0. The summed E-state index contributed by atoms with van der Waals surface area (Å²) in [6, 6.07) is 0. The minimum Gasteiger partial charge on any atom is -0.394 e. The third kappa shape index (κ3) is 5.65. The number of ether oxygens (including phenoxy) is 1. The Morgan fingerprint density at radius 1 is 1.40 bits per heavy atom. The molecule has 17 heteroatoms. The van der Waals surface area contributed by atoms with Gasteiger partial charge in [0.25, 0.3) is 5.56 Å². The number of nitrogens with two attached hydrogens (primary N) is 1. The highest BCUT2D eigenvalue weighted by Crippen LogP contribution is 2.46. The molecule has 0 aromatic carbocycles. The van der Waals surface area contributed by atoms with Crippen molar-refractivity contribution in [2.75, 3.05) is 18.9 Å². The van der Waals surface area contributed by atoms with E-state index in [1.807, 2.05) is 0 Å². The van der Waals surface area contributed by atoms with Crippen LogP contribution in [0.3, 0.4) is 0 Å². The maximum atomic E-state index is 12.1. The molecule has 0 radical (unpaired) electrons. The van der Waals surface area contributed by atoms with E-state index >= 15 is 0 Å². The second-order valence-corrected chi connectivity index (χ2v) is 10.7. The van der Waals surface area contributed by atoms with Gasteiger partial charge in [-0.25, -0.2) is 19.7 Å². The molecule has 0 saturated carbocycles. The SMILES string of the molecule is Cc1cn(C2CC(O)C(COP(O)(=S)OC(CO)Cn3cnc4c(N)ncnc43)O2)c(=O)[nH]c1=O. The van der Waals surface area contributed by atoms with Gasteiger partial charge in [0, 0.05) is 18.2 Å². The maximum Gasteiger partial charge on any atom is 0.330 e. The van der Waals surface area contributed by atoms with Crippen LogP contribution in [0.15, 0.2) is 28.4 Å². The number of hydrogen-bond donors (Lipinski definition) is 5. The van der Waals surface area contributed by atoms with Crippen molar-refractivity contribution in [2.24, 2.45) is 0 Å². The summed E-state index contributed by atoms with van der Waals surface area (Å²) in [5.74, 6) is 0.193. The van der Waals surface area contributed by atoms with Gasteiger partial charge >= 0.3 is 12.4 Å². The zero-order valence-corrected chi connectivity index (χ0v) is 20.1. The minimum absolute atomic E-state index is 0.0326. The molecule has 3 aromatic rings. The van der Waals surface area contributed by atoms with E-state index in [9.17, 15) is 24.7 Å². The number of nitrogens with one attached hydrogen (secondary N) is 1. The number of aliphatic hydroxyl groups is 2. The lowest BCUT2D eigenvalue weighted by Crippen LogP contribution is -2.33. The van der Waals surface area contributed by atoms with Gasteiger partial charge in [-0.05, 0) is 18.7 Å². The summed E-state index contributed by atoms with van der Waals surface area (Å²) < 4.78 is 19.2. The van der Waals surface area contributed by atoms with Gasteiger partial charge in [-0.2, -0.15) is 0 Å². The summed E-state index contributed by atoms with van der Waals surface area (Å²) >= 11 is 5.06. The Hall–Kier alpha value is -2.56. The van der Waals surface area contributed by atoms with Crippen LogP contribution in [0.4, 0.5) is 5.82 Å². The number of rotatable bonds is 9. The number of aryl methyl sites for hydroxylation is 1. The highest BCUT2D eigenvalue weighted by Gasteiger charge is 2.37. The van der Waals surface area contributed by atoms with Gasteiger partial charge in [0.2, 0.25) is 0 Å². The molecule has 1 fully saturated rings. The summed E-state index contributed by atoms with van der Waals surface area (Å²) in [6.45, 7) is -3.14. The first-order chi connectivity index (χ1) is 16.6. The van der Waals surface area contributed by atoms with Crippen LogP contribution >= 0.6 is 6.72 Å². The lowest BCUT2D eigenvalue weighted by molar-refractivity contribution is -0.0456. The van der Waals surface area contributed by atoms with Crippen LogP contribution in [0.25, 0.3) is 11.2 Å². The van der Waals surface area contributed by atoms with Gasteiger partial charge < -0.3 is 39.2 Å². The molecule has 4 rings (SSSR count). The van der Waals surface area contributed by atoms with E-state index in [1.165, 1.54) is 30.3 Å². The molecule has 15 nitrogen and oxygen atoms in total. The third-order valence-electron chi connectivity index (χ3n) is 5.38. The van der Waals surface area contributed by atoms with Crippen molar-refractivity contribution in [3.8, 4) is 0 Å². The molecule has 0 spiro atoms. The Morgan fingerprint density at radius 2 is 2.17 bits per heavy atom. The van der Waals surface area contributed by atoms with Crippen LogP contribution in [0, 0.1) is 6.92 Å². The van der Waals surface area contributed by atoms with Crippen LogP contribution < -0.4 is 17.0 Å². The fraction of sp³-hybridized carbons (Fsp3) is 0.500. The number of imidazole rings is 1. The van der Waals surface area contributed by atoms with Gasteiger partial charge in [-0.15, -0.1) is 0 Å². The molecule has 0 bridgehead atoms. The highest BCUT2D eigenvalue weighted by atomic mass is 32.5. The van der Waals surface area contributed by atoms with E-state index in [4.69, 9.17) is 31.3 Å². The molecule has 3 aromatic heterocycles. The number of aromatic nitrogens is 6. The molecule has 35 heavy (non-hydrogen) atoms. The summed E-state index contributed by atoms with van der Waals surface area (Å²) in [5, 5.41) is 20.1. The van der Waals surface area contributed by atoms with Crippen molar-refractivity contribution in [2.45, 2.75) is 44.4 Å². The predicted octanol–water partition coefficient (Wildman–Crippen LogP) is -1.47. The second kappa shape index (κ2) is 10.2. The van der Waals surface area contributed by atoms with Crippen LogP contribution in [0.5, 0.6) is 0 Å². The van der Waals surface area contributed by atoms with Gasteiger partial charge in [0.1, 0.15) is 30.3 Å². The van der Waals surface area contributed by atoms with Crippen LogP contribution in [0.2, 0.25) is 0 Å². The van der Waals surface area contributed by atoms with Gasteiger partial charge in [0.15, 0.2) is 11.5 Å². The first kappa shape index (κ1) is 25.5. The minimum atomic E-state index is -3.87. The molecule has 0 aliphatic carbocycles. The second-order valence-electron chi connectivity index (χ2n) is 7.91. The van der Waals surface area contributed by atoms with E-state index in [-0.39, 0.29) is 25.4 Å². The topological polar surface area (TPSA) is 213 Å². The van der Waals surface area contributed by atoms with Crippen molar-refractivity contribution in [1.82, 2.24) is 29.1 Å². The zero-order chi connectivity index (χ0) is 25.3. The Balaban J connectivity index is 1.37.